The fourth-order valence-corrected chi connectivity index (χ4v) is 1.80. The zero-order valence-corrected chi connectivity index (χ0v) is 14.6. The van der Waals surface area contributed by atoms with Gasteiger partial charge in [-0.3, -0.25) is 9.69 Å². The van der Waals surface area contributed by atoms with Gasteiger partial charge in [0.25, 0.3) is 0 Å². The van der Waals surface area contributed by atoms with E-state index in [1.54, 1.807) is 17.3 Å². The van der Waals surface area contributed by atoms with Crippen molar-refractivity contribution >= 4 is 17.5 Å². The Kier molecular flexibility index (Phi) is 11.0. The molecule has 0 saturated carbocycles. The first-order valence-corrected chi connectivity index (χ1v) is 8.27. The fourth-order valence-electron chi connectivity index (χ4n) is 1.80. The second-order valence-electron chi connectivity index (χ2n) is 4.63. The van der Waals surface area contributed by atoms with E-state index < -0.39 is 0 Å². The first kappa shape index (κ1) is 20.3. The van der Waals surface area contributed by atoms with E-state index in [1.807, 2.05) is 27.7 Å². The van der Waals surface area contributed by atoms with Gasteiger partial charge in [-0.15, -0.1) is 0 Å². The number of hydrogen-bond donors (Lipinski definition) is 2. The number of nitrogens with zero attached hydrogens (tertiary/aromatic N) is 3. The Morgan fingerprint density at radius 3 is 2.41 bits per heavy atom. The number of rotatable bonds is 5. The Bertz CT molecular complexity index is 408. The Labute approximate surface area is 134 Å². The molecule has 0 aliphatic carbocycles. The van der Waals surface area contributed by atoms with E-state index in [0.717, 1.165) is 19.5 Å². The van der Waals surface area contributed by atoms with Gasteiger partial charge in [-0.25, -0.2) is 9.97 Å². The summed E-state index contributed by atoms with van der Waals surface area (Å²) in [4.78, 5) is 21.7. The molecule has 126 valence electrons. The van der Waals surface area contributed by atoms with E-state index in [9.17, 15) is 4.79 Å². The molecule has 3 N–H and O–H groups in total. The van der Waals surface area contributed by atoms with Gasteiger partial charge >= 0.3 is 0 Å². The number of hydrogen-bond acceptors (Lipinski definition) is 5. The molecule has 0 bridgehead atoms. The topological polar surface area (TPSA) is 84.1 Å². The van der Waals surface area contributed by atoms with Crippen LogP contribution in [-0.4, -0.2) is 35.5 Å². The number of nitrogens with one attached hydrogen (secondary N) is 1. The number of aromatic nitrogens is 2. The third-order valence-corrected chi connectivity index (χ3v) is 3.02. The molecule has 0 aromatic carbocycles. The lowest BCUT2D eigenvalue weighted by atomic mass is 10.2. The predicted molar refractivity (Wildman–Crippen MR) is 93.0 cm³/mol. The molecule has 0 spiro atoms. The molecule has 6 heteroatoms. The van der Waals surface area contributed by atoms with Gasteiger partial charge in [0.15, 0.2) is 5.82 Å². The summed E-state index contributed by atoms with van der Waals surface area (Å²) >= 11 is 0. The first-order valence-electron chi connectivity index (χ1n) is 8.27. The summed E-state index contributed by atoms with van der Waals surface area (Å²) in [6, 6.07) is 0. The first-order chi connectivity index (χ1) is 10.7. The van der Waals surface area contributed by atoms with Crippen molar-refractivity contribution in [1.29, 1.82) is 0 Å². The number of amides is 1. The van der Waals surface area contributed by atoms with Crippen LogP contribution in [-0.2, 0) is 4.79 Å². The molecular weight excluding hydrogens is 278 g/mol. The van der Waals surface area contributed by atoms with Crippen LogP contribution in [0.25, 0.3) is 0 Å². The molecule has 0 radical (unpaired) electrons. The van der Waals surface area contributed by atoms with Crippen LogP contribution in [0.3, 0.4) is 0 Å². The van der Waals surface area contributed by atoms with Crippen molar-refractivity contribution in [3.63, 3.8) is 0 Å². The van der Waals surface area contributed by atoms with E-state index in [4.69, 9.17) is 5.73 Å². The van der Waals surface area contributed by atoms with Gasteiger partial charge in [-0.05, 0) is 18.9 Å². The van der Waals surface area contributed by atoms with Gasteiger partial charge in [0.1, 0.15) is 5.82 Å². The van der Waals surface area contributed by atoms with Crippen LogP contribution in [0, 0.1) is 5.92 Å². The Balaban J connectivity index is 0.00000102. The van der Waals surface area contributed by atoms with Gasteiger partial charge in [-0.1, -0.05) is 34.6 Å². The SMILES string of the molecule is CC.CC.CC(CN)CNc1cnc(N2CCCC2=O)cn1. The van der Waals surface area contributed by atoms with Gasteiger partial charge in [-0.2, -0.15) is 0 Å². The molecule has 1 aromatic rings. The van der Waals surface area contributed by atoms with E-state index in [-0.39, 0.29) is 5.91 Å². The van der Waals surface area contributed by atoms with Crippen molar-refractivity contribution < 1.29 is 4.79 Å². The zero-order valence-electron chi connectivity index (χ0n) is 14.6. The maximum Gasteiger partial charge on any atom is 0.228 e. The molecule has 1 unspecified atom stereocenters. The molecule has 6 nitrogen and oxygen atoms in total. The molecule has 2 rings (SSSR count). The van der Waals surface area contributed by atoms with Crippen LogP contribution in [0.4, 0.5) is 11.6 Å². The highest BCUT2D eigenvalue weighted by Gasteiger charge is 2.22. The van der Waals surface area contributed by atoms with Crippen molar-refractivity contribution in [3.05, 3.63) is 12.4 Å². The minimum Gasteiger partial charge on any atom is -0.368 e. The highest BCUT2D eigenvalue weighted by Crippen LogP contribution is 2.18. The second kappa shape index (κ2) is 11.9. The number of carbonyl (C=O) groups is 1. The Hall–Kier alpha value is -1.69. The van der Waals surface area contributed by atoms with Crippen molar-refractivity contribution in [2.45, 2.75) is 47.5 Å². The highest BCUT2D eigenvalue weighted by atomic mass is 16.2. The van der Waals surface area contributed by atoms with Gasteiger partial charge < -0.3 is 11.1 Å². The quantitative estimate of drug-likeness (QED) is 0.873. The Morgan fingerprint density at radius 1 is 1.27 bits per heavy atom. The normalized spacial score (nSPS) is 14.5. The molecule has 1 saturated heterocycles. The van der Waals surface area contributed by atoms with Crippen LogP contribution in [0.5, 0.6) is 0 Å². The number of anilines is 2. The van der Waals surface area contributed by atoms with Gasteiger partial charge in [0, 0.05) is 19.5 Å². The number of carbonyl (C=O) groups excluding carboxylic acids is 1. The van der Waals surface area contributed by atoms with Crippen LogP contribution >= 0.6 is 0 Å². The summed E-state index contributed by atoms with van der Waals surface area (Å²) in [7, 11) is 0. The lowest BCUT2D eigenvalue weighted by molar-refractivity contribution is -0.117. The summed E-state index contributed by atoms with van der Waals surface area (Å²) in [6.45, 7) is 12.2. The van der Waals surface area contributed by atoms with Gasteiger partial charge in [0.2, 0.25) is 5.91 Å². The van der Waals surface area contributed by atoms with E-state index >= 15 is 0 Å². The van der Waals surface area contributed by atoms with E-state index in [2.05, 4.69) is 22.2 Å². The summed E-state index contributed by atoms with van der Waals surface area (Å²) < 4.78 is 0. The second-order valence-corrected chi connectivity index (χ2v) is 4.63. The van der Waals surface area contributed by atoms with Crippen LogP contribution in [0.1, 0.15) is 47.5 Å². The van der Waals surface area contributed by atoms with Crippen LogP contribution in [0.15, 0.2) is 12.4 Å². The molecule has 1 atom stereocenters. The summed E-state index contributed by atoms with van der Waals surface area (Å²) in [6.07, 6.45) is 4.80. The van der Waals surface area contributed by atoms with Crippen molar-refractivity contribution in [2.75, 3.05) is 29.9 Å². The molecule has 1 fully saturated rings. The minimum atomic E-state index is 0.127. The average molecular weight is 309 g/mol. The summed E-state index contributed by atoms with van der Waals surface area (Å²) in [5.41, 5.74) is 5.54. The molecule has 2 heterocycles. The lowest BCUT2D eigenvalue weighted by Gasteiger charge is -2.15. The van der Waals surface area contributed by atoms with E-state index in [1.165, 1.54) is 0 Å². The van der Waals surface area contributed by atoms with Crippen molar-refractivity contribution in [2.24, 2.45) is 11.7 Å². The zero-order chi connectivity index (χ0) is 17.0. The smallest absolute Gasteiger partial charge is 0.228 e. The third kappa shape index (κ3) is 6.39. The van der Waals surface area contributed by atoms with Crippen LogP contribution < -0.4 is 16.0 Å². The summed E-state index contributed by atoms with van der Waals surface area (Å²) in [5, 5.41) is 3.17. The number of nitrogens with two attached hydrogens (primary N) is 1. The predicted octanol–water partition coefficient (Wildman–Crippen LogP) is 2.66. The molecule has 1 aromatic heterocycles. The molecule has 1 aliphatic heterocycles. The van der Waals surface area contributed by atoms with Crippen molar-refractivity contribution in [3.8, 4) is 0 Å². The molecule has 22 heavy (non-hydrogen) atoms. The van der Waals surface area contributed by atoms with Gasteiger partial charge in [0.05, 0.1) is 12.4 Å². The largest absolute Gasteiger partial charge is 0.368 e. The fraction of sp³-hybridized carbons (Fsp3) is 0.688. The molecule has 1 amide bonds. The monoisotopic (exact) mass is 309 g/mol. The standard InChI is InChI=1S/C12H19N5O.2C2H6/c1-9(5-13)6-14-10-7-16-11(8-15-10)17-4-2-3-12(17)18;2*1-2/h7-9H,2-6,13H2,1H3,(H,14,15);2*1-2H3. The Morgan fingerprint density at radius 2 is 1.95 bits per heavy atom. The minimum absolute atomic E-state index is 0.127. The highest BCUT2D eigenvalue weighted by molar-refractivity contribution is 5.94. The maximum absolute atomic E-state index is 11.5. The molecular formula is C16H31N5O. The van der Waals surface area contributed by atoms with Crippen LogP contribution in [0.2, 0.25) is 0 Å². The van der Waals surface area contributed by atoms with E-state index in [0.29, 0.717) is 30.5 Å². The lowest BCUT2D eigenvalue weighted by Crippen LogP contribution is -2.25. The third-order valence-electron chi connectivity index (χ3n) is 3.02. The summed E-state index contributed by atoms with van der Waals surface area (Å²) in [5.74, 6) is 1.87. The molecule has 1 aliphatic rings. The average Bonchev–Trinajstić information content (AvgIpc) is 3.03. The van der Waals surface area contributed by atoms with Crippen molar-refractivity contribution in [1.82, 2.24) is 9.97 Å². The maximum atomic E-state index is 11.5.